The van der Waals surface area contributed by atoms with Gasteiger partial charge in [-0.25, -0.2) is 0 Å². The summed E-state index contributed by atoms with van der Waals surface area (Å²) in [6, 6.07) is 13.5. The minimum atomic E-state index is -0.524. The van der Waals surface area contributed by atoms with Gasteiger partial charge in [0.15, 0.2) is 11.5 Å². The van der Waals surface area contributed by atoms with E-state index in [0.29, 0.717) is 58.0 Å². The number of nitrogens with one attached hydrogen (secondary N) is 1. The van der Waals surface area contributed by atoms with Crippen molar-refractivity contribution in [2.75, 3.05) is 13.2 Å². The normalized spacial score (nSPS) is 14.8. The van der Waals surface area contributed by atoms with Crippen molar-refractivity contribution in [3.8, 4) is 28.5 Å². The van der Waals surface area contributed by atoms with Crippen LogP contribution in [0, 0.1) is 0 Å². The molecule has 9 heteroatoms. The molecule has 0 saturated carbocycles. The van der Waals surface area contributed by atoms with E-state index in [0.717, 1.165) is 12.0 Å². The number of amides is 1. The van der Waals surface area contributed by atoms with Crippen molar-refractivity contribution in [2.45, 2.75) is 32.9 Å². The van der Waals surface area contributed by atoms with Crippen LogP contribution in [0.25, 0.3) is 11.3 Å². The fourth-order valence-corrected chi connectivity index (χ4v) is 4.65. The van der Waals surface area contributed by atoms with Gasteiger partial charge < -0.3 is 23.9 Å². The molecule has 2 N–H and O–H groups in total. The molecule has 2 aromatic carbocycles. The maximum atomic E-state index is 13.6. The number of fused-ring (bicyclic) bond motifs is 1. The standard InChI is InChI=1S/C27H26ClN3O5/c1-3-11-36-21-10-7-16(13-22(21)34-4-2)26-23-24(19-14-17(28)8-9-20(19)32)29-30-25(23)27(33)31(26)15-18-6-5-12-35-18/h5-10,12-14,26,32H,3-4,11,15H2,1-2H3,(H,29,30). The summed E-state index contributed by atoms with van der Waals surface area (Å²) >= 11 is 6.24. The van der Waals surface area contributed by atoms with Crippen LogP contribution in [0.4, 0.5) is 0 Å². The molecular weight excluding hydrogens is 482 g/mol. The number of phenols is 1. The van der Waals surface area contributed by atoms with Crippen molar-refractivity contribution in [3.05, 3.63) is 82.4 Å². The van der Waals surface area contributed by atoms with Crippen molar-refractivity contribution >= 4 is 17.5 Å². The molecule has 0 spiro atoms. The van der Waals surface area contributed by atoms with E-state index in [4.69, 9.17) is 25.5 Å². The number of carbonyl (C=O) groups is 1. The number of hydrogen-bond donors (Lipinski definition) is 2. The molecule has 4 aromatic rings. The Kier molecular flexibility index (Phi) is 6.61. The minimum absolute atomic E-state index is 0.0164. The van der Waals surface area contributed by atoms with Crippen LogP contribution in [0.3, 0.4) is 0 Å². The van der Waals surface area contributed by atoms with E-state index in [1.54, 1.807) is 29.4 Å². The molecule has 2 aromatic heterocycles. The molecule has 5 rings (SSSR count). The van der Waals surface area contributed by atoms with Gasteiger partial charge in [-0.05, 0) is 61.4 Å². The number of furan rings is 1. The van der Waals surface area contributed by atoms with E-state index in [1.165, 1.54) is 6.07 Å². The van der Waals surface area contributed by atoms with Gasteiger partial charge in [-0.2, -0.15) is 5.10 Å². The Bertz CT molecular complexity index is 1380. The monoisotopic (exact) mass is 507 g/mol. The van der Waals surface area contributed by atoms with E-state index in [2.05, 4.69) is 10.2 Å². The van der Waals surface area contributed by atoms with Crippen LogP contribution in [0.5, 0.6) is 17.2 Å². The zero-order valence-electron chi connectivity index (χ0n) is 20.0. The van der Waals surface area contributed by atoms with Gasteiger partial charge in [-0.15, -0.1) is 0 Å². The van der Waals surface area contributed by atoms with Crippen LogP contribution in [0.1, 0.15) is 53.7 Å². The van der Waals surface area contributed by atoms with Gasteiger partial charge in [0.25, 0.3) is 5.91 Å². The molecule has 3 heterocycles. The lowest BCUT2D eigenvalue weighted by molar-refractivity contribution is 0.0716. The number of hydrogen-bond acceptors (Lipinski definition) is 6. The largest absolute Gasteiger partial charge is 0.507 e. The van der Waals surface area contributed by atoms with Crippen LogP contribution in [0.2, 0.25) is 5.02 Å². The van der Waals surface area contributed by atoms with Crippen LogP contribution in [0.15, 0.2) is 59.2 Å². The molecule has 186 valence electrons. The van der Waals surface area contributed by atoms with Gasteiger partial charge in [0.2, 0.25) is 0 Å². The van der Waals surface area contributed by atoms with E-state index < -0.39 is 6.04 Å². The highest BCUT2D eigenvalue weighted by molar-refractivity contribution is 6.31. The first kappa shape index (κ1) is 23.8. The fourth-order valence-electron chi connectivity index (χ4n) is 4.47. The van der Waals surface area contributed by atoms with Gasteiger partial charge in [-0.1, -0.05) is 24.6 Å². The second-order valence-corrected chi connectivity index (χ2v) is 8.86. The minimum Gasteiger partial charge on any atom is -0.507 e. The predicted molar refractivity (Wildman–Crippen MR) is 135 cm³/mol. The third-order valence-electron chi connectivity index (χ3n) is 6.03. The van der Waals surface area contributed by atoms with Gasteiger partial charge in [0, 0.05) is 16.1 Å². The summed E-state index contributed by atoms with van der Waals surface area (Å²) in [6.45, 7) is 5.23. The Morgan fingerprint density at radius 3 is 2.75 bits per heavy atom. The molecule has 0 bridgehead atoms. The average molecular weight is 508 g/mol. The highest BCUT2D eigenvalue weighted by Gasteiger charge is 2.43. The van der Waals surface area contributed by atoms with Crippen molar-refractivity contribution < 1.29 is 23.8 Å². The summed E-state index contributed by atoms with van der Waals surface area (Å²) in [6.07, 6.45) is 2.44. The predicted octanol–water partition coefficient (Wildman–Crippen LogP) is 5.96. The maximum absolute atomic E-state index is 13.6. The lowest BCUT2D eigenvalue weighted by atomic mass is 9.95. The number of nitrogens with zero attached hydrogens (tertiary/aromatic N) is 2. The summed E-state index contributed by atoms with van der Waals surface area (Å²) < 4.78 is 17.3. The molecule has 0 saturated heterocycles. The summed E-state index contributed by atoms with van der Waals surface area (Å²) in [7, 11) is 0. The molecular formula is C27H26ClN3O5. The number of benzene rings is 2. The quantitative estimate of drug-likeness (QED) is 0.290. The third kappa shape index (κ3) is 4.28. The van der Waals surface area contributed by atoms with Crippen LogP contribution in [-0.2, 0) is 6.54 Å². The van der Waals surface area contributed by atoms with Crippen LogP contribution in [-0.4, -0.2) is 39.3 Å². The summed E-state index contributed by atoms with van der Waals surface area (Å²) in [5.74, 6) is 1.67. The zero-order chi connectivity index (χ0) is 25.2. The van der Waals surface area contributed by atoms with Gasteiger partial charge in [0.1, 0.15) is 22.9 Å². The number of H-pyrrole nitrogens is 1. The molecule has 1 aliphatic heterocycles. The number of aromatic hydroxyl groups is 1. The summed E-state index contributed by atoms with van der Waals surface area (Å²) in [5.41, 5.74) is 2.70. The zero-order valence-corrected chi connectivity index (χ0v) is 20.7. The van der Waals surface area contributed by atoms with Crippen LogP contribution >= 0.6 is 11.6 Å². The summed E-state index contributed by atoms with van der Waals surface area (Å²) in [4.78, 5) is 15.3. The third-order valence-corrected chi connectivity index (χ3v) is 6.26. The Hall–Kier alpha value is -3.91. The van der Waals surface area contributed by atoms with Gasteiger partial charge >= 0.3 is 0 Å². The van der Waals surface area contributed by atoms with Crippen molar-refractivity contribution in [3.63, 3.8) is 0 Å². The average Bonchev–Trinajstić information content (AvgIpc) is 3.60. The van der Waals surface area contributed by atoms with Crippen molar-refractivity contribution in [1.82, 2.24) is 15.1 Å². The Labute approximate surface area is 213 Å². The number of aromatic amines is 1. The highest BCUT2D eigenvalue weighted by Crippen LogP contribution is 2.46. The van der Waals surface area contributed by atoms with Crippen LogP contribution < -0.4 is 9.47 Å². The first-order chi connectivity index (χ1) is 17.5. The topological polar surface area (TPSA) is 101 Å². The fraction of sp³-hybridized carbons (Fsp3) is 0.259. The van der Waals surface area contributed by atoms with Gasteiger partial charge in [0.05, 0.1) is 32.1 Å². The van der Waals surface area contributed by atoms with E-state index in [9.17, 15) is 9.90 Å². The second kappa shape index (κ2) is 9.99. The summed E-state index contributed by atoms with van der Waals surface area (Å²) in [5, 5.41) is 18.4. The van der Waals surface area contributed by atoms with E-state index >= 15 is 0 Å². The SMILES string of the molecule is CCCOc1ccc(C2c3c(-c4cc(Cl)ccc4O)n[nH]c3C(=O)N2Cc2ccco2)cc1OCC. The van der Waals surface area contributed by atoms with E-state index in [-0.39, 0.29) is 18.2 Å². The molecule has 0 aliphatic carbocycles. The second-order valence-electron chi connectivity index (χ2n) is 8.42. The molecule has 0 fully saturated rings. The Morgan fingerprint density at radius 2 is 2.00 bits per heavy atom. The Morgan fingerprint density at radius 1 is 1.14 bits per heavy atom. The number of rotatable bonds is 9. The lowest BCUT2D eigenvalue weighted by Gasteiger charge is -2.26. The van der Waals surface area contributed by atoms with E-state index in [1.807, 2.05) is 38.1 Å². The molecule has 1 atom stereocenters. The molecule has 1 amide bonds. The first-order valence-corrected chi connectivity index (χ1v) is 12.2. The Balaban J connectivity index is 1.66. The molecule has 8 nitrogen and oxygen atoms in total. The molecule has 36 heavy (non-hydrogen) atoms. The number of halogens is 1. The number of ether oxygens (including phenoxy) is 2. The molecule has 1 unspecified atom stereocenters. The van der Waals surface area contributed by atoms with Crippen molar-refractivity contribution in [1.29, 1.82) is 0 Å². The smallest absolute Gasteiger partial charge is 0.273 e. The first-order valence-electron chi connectivity index (χ1n) is 11.8. The van der Waals surface area contributed by atoms with Gasteiger partial charge in [-0.3, -0.25) is 9.89 Å². The number of phenolic OH excluding ortho intramolecular Hbond substituents is 1. The maximum Gasteiger partial charge on any atom is 0.273 e. The molecule has 0 radical (unpaired) electrons. The lowest BCUT2D eigenvalue weighted by Crippen LogP contribution is -2.29. The molecule has 1 aliphatic rings. The number of aromatic nitrogens is 2. The number of carbonyl (C=O) groups excluding carboxylic acids is 1. The van der Waals surface area contributed by atoms with Crippen molar-refractivity contribution in [2.24, 2.45) is 0 Å². The highest BCUT2D eigenvalue weighted by atomic mass is 35.5.